The van der Waals surface area contributed by atoms with Gasteiger partial charge in [0.25, 0.3) is 0 Å². The summed E-state index contributed by atoms with van der Waals surface area (Å²) < 4.78 is 10.3. The summed E-state index contributed by atoms with van der Waals surface area (Å²) in [5, 5.41) is 9.45. The van der Waals surface area contributed by atoms with Crippen LogP contribution in [0.1, 0.15) is 32.8 Å². The Hall–Kier alpha value is -1.71. The molecule has 0 aliphatic rings. The maximum Gasteiger partial charge on any atom is 0.310 e. The molecule has 0 saturated carbocycles. The van der Waals surface area contributed by atoms with Crippen molar-refractivity contribution in [3.05, 3.63) is 23.8 Å². The van der Waals surface area contributed by atoms with Gasteiger partial charge in [0, 0.05) is 0 Å². The van der Waals surface area contributed by atoms with E-state index >= 15 is 0 Å². The van der Waals surface area contributed by atoms with Crippen LogP contribution in [-0.2, 0) is 16.0 Å². The molecule has 18 heavy (non-hydrogen) atoms. The van der Waals surface area contributed by atoms with Gasteiger partial charge in [0.2, 0.25) is 0 Å². The van der Waals surface area contributed by atoms with Gasteiger partial charge in [0.1, 0.15) is 5.60 Å². The average Bonchev–Trinajstić information content (AvgIpc) is 2.31. The first-order valence-corrected chi connectivity index (χ1v) is 5.95. The summed E-state index contributed by atoms with van der Waals surface area (Å²) in [6, 6.07) is 4.82. The zero-order valence-corrected chi connectivity index (χ0v) is 11.3. The van der Waals surface area contributed by atoms with E-state index in [4.69, 9.17) is 9.47 Å². The molecule has 0 atom stereocenters. The van der Waals surface area contributed by atoms with Crippen molar-refractivity contribution in [3.63, 3.8) is 0 Å². The maximum absolute atomic E-state index is 11.7. The highest BCUT2D eigenvalue weighted by atomic mass is 16.6. The second-order valence-corrected chi connectivity index (χ2v) is 4.77. The van der Waals surface area contributed by atoms with Crippen molar-refractivity contribution < 1.29 is 19.4 Å². The Balaban J connectivity index is 2.70. The van der Waals surface area contributed by atoms with E-state index in [9.17, 15) is 9.90 Å². The molecule has 1 aromatic carbocycles. The minimum absolute atomic E-state index is 0.0588. The van der Waals surface area contributed by atoms with E-state index in [2.05, 4.69) is 0 Å². The van der Waals surface area contributed by atoms with Gasteiger partial charge in [-0.05, 0) is 38.0 Å². The van der Waals surface area contributed by atoms with Crippen LogP contribution in [0.3, 0.4) is 0 Å². The van der Waals surface area contributed by atoms with Crippen LogP contribution in [0.15, 0.2) is 18.2 Å². The minimum Gasteiger partial charge on any atom is -0.504 e. The van der Waals surface area contributed by atoms with Crippen LogP contribution in [-0.4, -0.2) is 23.8 Å². The van der Waals surface area contributed by atoms with Crippen LogP contribution < -0.4 is 4.74 Å². The lowest BCUT2D eigenvalue weighted by molar-refractivity contribution is -0.155. The van der Waals surface area contributed by atoms with Gasteiger partial charge < -0.3 is 14.6 Å². The molecule has 1 N–H and O–H groups in total. The molecule has 0 amide bonds. The molecule has 0 spiro atoms. The molecule has 0 aliphatic heterocycles. The number of phenols is 1. The largest absolute Gasteiger partial charge is 0.504 e. The molecule has 4 heteroatoms. The normalized spacial score (nSPS) is 11.1. The lowest BCUT2D eigenvalue weighted by Gasteiger charge is -2.23. The Bertz CT molecular complexity index is 424. The third-order valence-electron chi connectivity index (χ3n) is 2.83. The Labute approximate surface area is 108 Å². The number of rotatable bonds is 5. The number of hydrogen-bond donors (Lipinski definition) is 1. The minimum atomic E-state index is -0.446. The van der Waals surface area contributed by atoms with Crippen LogP contribution in [0.2, 0.25) is 0 Å². The van der Waals surface area contributed by atoms with E-state index in [1.165, 1.54) is 13.2 Å². The number of carbonyl (C=O) groups excluding carboxylic acids is 1. The summed E-state index contributed by atoms with van der Waals surface area (Å²) in [4.78, 5) is 11.7. The number of aromatic hydroxyl groups is 1. The second kappa shape index (κ2) is 5.76. The third kappa shape index (κ3) is 3.95. The lowest BCUT2D eigenvalue weighted by Crippen LogP contribution is -2.27. The van der Waals surface area contributed by atoms with Crippen LogP contribution in [0, 0.1) is 0 Å². The molecule has 0 saturated heterocycles. The molecule has 0 aliphatic carbocycles. The van der Waals surface area contributed by atoms with E-state index in [1.807, 2.05) is 20.8 Å². The van der Waals surface area contributed by atoms with Gasteiger partial charge in [-0.15, -0.1) is 0 Å². The van der Waals surface area contributed by atoms with Crippen molar-refractivity contribution in [1.82, 2.24) is 0 Å². The van der Waals surface area contributed by atoms with Gasteiger partial charge in [-0.1, -0.05) is 13.0 Å². The van der Waals surface area contributed by atoms with E-state index in [0.29, 0.717) is 5.75 Å². The first-order valence-electron chi connectivity index (χ1n) is 5.95. The second-order valence-electron chi connectivity index (χ2n) is 4.77. The van der Waals surface area contributed by atoms with Gasteiger partial charge in [0.05, 0.1) is 13.5 Å². The molecule has 1 aromatic rings. The predicted octanol–water partition coefficient (Wildman–Crippen LogP) is 2.68. The van der Waals surface area contributed by atoms with Crippen LogP contribution in [0.5, 0.6) is 11.5 Å². The smallest absolute Gasteiger partial charge is 0.310 e. The third-order valence-corrected chi connectivity index (χ3v) is 2.83. The molecule has 4 nitrogen and oxygen atoms in total. The fourth-order valence-corrected chi connectivity index (χ4v) is 1.42. The number of esters is 1. The predicted molar refractivity (Wildman–Crippen MR) is 68.8 cm³/mol. The first-order chi connectivity index (χ1) is 8.38. The molecule has 0 unspecified atom stereocenters. The molecule has 0 fully saturated rings. The van der Waals surface area contributed by atoms with E-state index in [0.717, 1.165) is 12.0 Å². The Morgan fingerprint density at radius 2 is 2.06 bits per heavy atom. The van der Waals surface area contributed by atoms with Crippen molar-refractivity contribution in [2.45, 2.75) is 39.2 Å². The van der Waals surface area contributed by atoms with Crippen LogP contribution in [0.25, 0.3) is 0 Å². The molecule has 0 aromatic heterocycles. The number of hydrogen-bond acceptors (Lipinski definition) is 4. The number of carbonyl (C=O) groups is 1. The molecular formula is C14H20O4. The van der Waals surface area contributed by atoms with E-state index in [1.54, 1.807) is 12.1 Å². The molecular weight excluding hydrogens is 232 g/mol. The fourth-order valence-electron chi connectivity index (χ4n) is 1.42. The van der Waals surface area contributed by atoms with E-state index in [-0.39, 0.29) is 18.1 Å². The van der Waals surface area contributed by atoms with E-state index < -0.39 is 5.60 Å². The molecule has 100 valence electrons. The van der Waals surface area contributed by atoms with Gasteiger partial charge in [0.15, 0.2) is 11.5 Å². The van der Waals surface area contributed by atoms with Crippen molar-refractivity contribution >= 4 is 5.97 Å². The zero-order chi connectivity index (χ0) is 13.8. The summed E-state index contributed by atoms with van der Waals surface area (Å²) in [7, 11) is 1.47. The summed E-state index contributed by atoms with van der Waals surface area (Å²) in [5.74, 6) is 0.133. The summed E-state index contributed by atoms with van der Waals surface area (Å²) in [6.07, 6.45) is 0.928. The summed E-state index contributed by atoms with van der Waals surface area (Å²) in [5.41, 5.74) is 0.305. The van der Waals surface area contributed by atoms with Crippen LogP contribution in [0.4, 0.5) is 0 Å². The van der Waals surface area contributed by atoms with Gasteiger partial charge in [-0.2, -0.15) is 0 Å². The Kier molecular flexibility index (Phi) is 4.59. The topological polar surface area (TPSA) is 55.8 Å². The monoisotopic (exact) mass is 252 g/mol. The highest BCUT2D eigenvalue weighted by Gasteiger charge is 2.20. The van der Waals surface area contributed by atoms with Gasteiger partial charge >= 0.3 is 5.97 Å². The quantitative estimate of drug-likeness (QED) is 0.818. The zero-order valence-electron chi connectivity index (χ0n) is 11.3. The highest BCUT2D eigenvalue weighted by Crippen LogP contribution is 2.26. The van der Waals surface area contributed by atoms with Crippen molar-refractivity contribution in [2.24, 2.45) is 0 Å². The Morgan fingerprint density at radius 3 is 2.61 bits per heavy atom. The van der Waals surface area contributed by atoms with Crippen molar-refractivity contribution in [3.8, 4) is 11.5 Å². The van der Waals surface area contributed by atoms with Gasteiger partial charge in [-0.25, -0.2) is 0 Å². The number of ether oxygens (including phenoxy) is 2. The lowest BCUT2D eigenvalue weighted by atomic mass is 10.1. The highest BCUT2D eigenvalue weighted by molar-refractivity contribution is 5.73. The SMILES string of the molecule is CCC(C)(C)OC(=O)Cc1ccc(O)c(OC)c1. The molecule has 0 bridgehead atoms. The number of benzene rings is 1. The average molecular weight is 252 g/mol. The first kappa shape index (κ1) is 14.4. The van der Waals surface area contributed by atoms with Gasteiger partial charge in [-0.3, -0.25) is 4.79 Å². The summed E-state index contributed by atoms with van der Waals surface area (Å²) >= 11 is 0. The molecule has 0 heterocycles. The molecule has 0 radical (unpaired) electrons. The van der Waals surface area contributed by atoms with Crippen molar-refractivity contribution in [2.75, 3.05) is 7.11 Å². The Morgan fingerprint density at radius 1 is 1.39 bits per heavy atom. The standard InChI is InChI=1S/C14H20O4/c1-5-14(2,3)18-13(16)9-10-6-7-11(15)12(8-10)17-4/h6-8,15H,5,9H2,1-4H3. The summed E-state index contributed by atoms with van der Waals surface area (Å²) in [6.45, 7) is 5.72. The molecule has 1 rings (SSSR count). The van der Waals surface area contributed by atoms with Crippen LogP contribution >= 0.6 is 0 Å². The number of phenolic OH excluding ortho intramolecular Hbond substituents is 1. The van der Waals surface area contributed by atoms with Crippen molar-refractivity contribution in [1.29, 1.82) is 0 Å². The number of methoxy groups -OCH3 is 1. The fraction of sp³-hybridized carbons (Fsp3) is 0.500. The maximum atomic E-state index is 11.7.